The van der Waals surface area contributed by atoms with Crippen LogP contribution in [0.15, 0.2) is 78.9 Å². The Kier molecular flexibility index (Phi) is 2.65. The molecule has 4 heteroatoms. The van der Waals surface area contributed by atoms with E-state index in [1.807, 2.05) is 44.2 Å². The predicted molar refractivity (Wildman–Crippen MR) is 106 cm³/mol. The van der Waals surface area contributed by atoms with Crippen molar-refractivity contribution in [1.29, 1.82) is 0 Å². The number of hydrogen-bond donors (Lipinski definition) is 0. The van der Waals surface area contributed by atoms with Gasteiger partial charge in [-0.05, 0) is 44.2 Å². The fourth-order valence-electron chi connectivity index (χ4n) is 5.30. The van der Waals surface area contributed by atoms with Gasteiger partial charge in [-0.2, -0.15) is 0 Å². The zero-order valence-electron chi connectivity index (χ0n) is 15.3. The van der Waals surface area contributed by atoms with Crippen LogP contribution in [0.1, 0.15) is 19.4 Å². The molecule has 0 aromatic heterocycles. The Hall–Kier alpha value is -2.85. The summed E-state index contributed by atoms with van der Waals surface area (Å²) >= 11 is 0. The summed E-state index contributed by atoms with van der Waals surface area (Å²) in [7, 11) is 0. The Morgan fingerprint density at radius 1 is 0.704 bits per heavy atom. The molecule has 0 radical (unpaired) electrons. The van der Waals surface area contributed by atoms with Gasteiger partial charge in [-0.15, -0.1) is 9.60 Å². The average Bonchev–Trinajstić information content (AvgIpc) is 3.02. The van der Waals surface area contributed by atoms with Crippen molar-refractivity contribution < 1.29 is 4.48 Å². The summed E-state index contributed by atoms with van der Waals surface area (Å²) in [5.74, 6) is 0. The smallest absolute Gasteiger partial charge is 0.134 e. The number of benzene rings is 3. The standard InChI is InChI=1S/C23H20FN3/c1-22-17-12-6-7-13-18(17)26-20-15-9-8-14-19(20)25(16-10-4-3-5-11-16)21(26)23(22,2)27(22)24/h3-15,21H,1-2H3. The van der Waals surface area contributed by atoms with Gasteiger partial charge in [-0.3, -0.25) is 0 Å². The summed E-state index contributed by atoms with van der Waals surface area (Å²) in [6.07, 6.45) is -0.151. The lowest BCUT2D eigenvalue weighted by atomic mass is 9.81. The molecule has 0 spiro atoms. The molecule has 3 aromatic carbocycles. The number of rotatable bonds is 1. The zero-order valence-corrected chi connectivity index (χ0v) is 15.3. The van der Waals surface area contributed by atoms with Crippen LogP contribution in [-0.2, 0) is 5.54 Å². The third kappa shape index (κ3) is 1.53. The van der Waals surface area contributed by atoms with Crippen molar-refractivity contribution >= 4 is 22.7 Å². The lowest BCUT2D eigenvalue weighted by molar-refractivity contribution is 0.103. The molecule has 0 N–H and O–H groups in total. The van der Waals surface area contributed by atoms with Crippen LogP contribution in [-0.4, -0.2) is 16.8 Å². The fourth-order valence-corrected chi connectivity index (χ4v) is 5.30. The van der Waals surface area contributed by atoms with E-state index in [-0.39, 0.29) is 6.17 Å². The molecule has 0 bridgehead atoms. The van der Waals surface area contributed by atoms with E-state index in [4.69, 9.17) is 0 Å². The van der Waals surface area contributed by atoms with E-state index in [1.54, 1.807) is 0 Å². The van der Waals surface area contributed by atoms with Crippen molar-refractivity contribution in [2.24, 2.45) is 0 Å². The monoisotopic (exact) mass is 357 g/mol. The largest absolute Gasteiger partial charge is 0.316 e. The van der Waals surface area contributed by atoms with Crippen molar-refractivity contribution in [2.45, 2.75) is 31.1 Å². The number of para-hydroxylation sites is 4. The van der Waals surface area contributed by atoms with E-state index in [1.165, 1.54) is 0 Å². The second kappa shape index (κ2) is 4.70. The van der Waals surface area contributed by atoms with Crippen LogP contribution in [0.5, 0.6) is 0 Å². The van der Waals surface area contributed by atoms with Crippen molar-refractivity contribution in [3.63, 3.8) is 0 Å². The maximum absolute atomic E-state index is 15.5. The Balaban J connectivity index is 1.68. The van der Waals surface area contributed by atoms with E-state index < -0.39 is 11.1 Å². The topological polar surface area (TPSA) is 9.49 Å². The maximum Gasteiger partial charge on any atom is 0.134 e. The van der Waals surface area contributed by atoms with E-state index in [0.29, 0.717) is 0 Å². The minimum atomic E-state index is -0.643. The number of fused-ring (bicyclic) bond motifs is 8. The van der Waals surface area contributed by atoms with Gasteiger partial charge < -0.3 is 9.80 Å². The zero-order chi connectivity index (χ0) is 18.4. The van der Waals surface area contributed by atoms with E-state index >= 15 is 4.48 Å². The van der Waals surface area contributed by atoms with Gasteiger partial charge in [0.2, 0.25) is 0 Å². The second-order valence-corrected chi connectivity index (χ2v) is 7.96. The van der Waals surface area contributed by atoms with Crippen LogP contribution in [0.3, 0.4) is 0 Å². The van der Waals surface area contributed by atoms with E-state index in [9.17, 15) is 0 Å². The normalized spacial score (nSPS) is 32.4. The van der Waals surface area contributed by atoms with Crippen molar-refractivity contribution in [3.8, 4) is 0 Å². The molecule has 27 heavy (non-hydrogen) atoms. The molecule has 4 unspecified atom stereocenters. The van der Waals surface area contributed by atoms with Gasteiger partial charge >= 0.3 is 0 Å². The molecule has 134 valence electrons. The minimum absolute atomic E-state index is 0.151. The molecule has 4 atom stereocenters. The predicted octanol–water partition coefficient (Wildman–Crippen LogP) is 5.49. The molecular formula is C23H20FN3. The number of nitrogens with zero attached hydrogens (tertiary/aromatic N) is 3. The third-order valence-corrected chi connectivity index (χ3v) is 6.85. The van der Waals surface area contributed by atoms with Crippen molar-refractivity contribution in [1.82, 2.24) is 5.12 Å². The lowest BCUT2D eigenvalue weighted by Gasteiger charge is -2.42. The van der Waals surface area contributed by atoms with Gasteiger partial charge in [0.15, 0.2) is 0 Å². The highest BCUT2D eigenvalue weighted by atomic mass is 19.2. The number of anilines is 4. The Morgan fingerprint density at radius 2 is 1.26 bits per heavy atom. The summed E-state index contributed by atoms with van der Waals surface area (Å²) in [6, 6.07) is 26.9. The molecular weight excluding hydrogens is 337 g/mol. The maximum atomic E-state index is 15.5. The first-order valence-electron chi connectivity index (χ1n) is 9.38. The highest BCUT2D eigenvalue weighted by Gasteiger charge is 2.81. The molecule has 0 amide bonds. The fraction of sp³-hybridized carbons (Fsp3) is 0.217. The number of hydrogen-bond acceptors (Lipinski definition) is 3. The Morgan fingerprint density at radius 3 is 1.96 bits per heavy atom. The summed E-state index contributed by atoms with van der Waals surface area (Å²) < 4.78 is 15.5. The molecule has 0 aliphatic carbocycles. The summed E-state index contributed by atoms with van der Waals surface area (Å²) in [5.41, 5.74) is 4.21. The first kappa shape index (κ1) is 15.2. The lowest BCUT2D eigenvalue weighted by Crippen LogP contribution is -2.54. The molecule has 6 rings (SSSR count). The highest BCUT2D eigenvalue weighted by Crippen LogP contribution is 2.70. The molecule has 3 heterocycles. The van der Waals surface area contributed by atoms with Gasteiger partial charge in [0.25, 0.3) is 0 Å². The second-order valence-electron chi connectivity index (χ2n) is 7.96. The van der Waals surface area contributed by atoms with Gasteiger partial charge in [0.05, 0.1) is 11.4 Å². The molecule has 3 aliphatic rings. The van der Waals surface area contributed by atoms with Crippen LogP contribution in [0.25, 0.3) is 0 Å². The SMILES string of the molecule is CC12c3ccccc3N3c4ccccc4N(c4ccccc4)C3C1(C)N2F. The van der Waals surface area contributed by atoms with Crippen LogP contribution in [0.4, 0.5) is 27.2 Å². The highest BCUT2D eigenvalue weighted by molar-refractivity contribution is 5.92. The van der Waals surface area contributed by atoms with Gasteiger partial charge in [0, 0.05) is 16.9 Å². The summed E-state index contributed by atoms with van der Waals surface area (Å²) in [4.78, 5) is 4.61. The number of halogens is 1. The van der Waals surface area contributed by atoms with Crippen LogP contribution < -0.4 is 9.80 Å². The summed E-state index contributed by atoms with van der Waals surface area (Å²) in [5, 5.41) is 1.05. The van der Waals surface area contributed by atoms with E-state index in [0.717, 1.165) is 33.4 Å². The Labute approximate surface area is 158 Å². The average molecular weight is 357 g/mol. The van der Waals surface area contributed by atoms with Gasteiger partial charge in [-0.25, -0.2) is 0 Å². The van der Waals surface area contributed by atoms with Crippen LogP contribution in [0, 0.1) is 0 Å². The molecule has 3 nitrogen and oxygen atoms in total. The minimum Gasteiger partial charge on any atom is -0.316 e. The third-order valence-electron chi connectivity index (χ3n) is 6.85. The van der Waals surface area contributed by atoms with Crippen LogP contribution in [0.2, 0.25) is 0 Å². The van der Waals surface area contributed by atoms with Crippen molar-refractivity contribution in [2.75, 3.05) is 9.80 Å². The van der Waals surface area contributed by atoms with E-state index in [2.05, 4.69) is 58.3 Å². The Bertz CT molecular complexity index is 1070. The molecule has 3 aliphatic heterocycles. The first-order valence-corrected chi connectivity index (χ1v) is 9.38. The molecule has 3 aromatic rings. The van der Waals surface area contributed by atoms with Gasteiger partial charge in [-0.1, -0.05) is 48.5 Å². The van der Waals surface area contributed by atoms with Gasteiger partial charge in [0.1, 0.15) is 17.2 Å². The van der Waals surface area contributed by atoms with Crippen LogP contribution >= 0.6 is 0 Å². The quantitative estimate of drug-likeness (QED) is 0.421. The molecule has 0 saturated carbocycles. The van der Waals surface area contributed by atoms with Crippen molar-refractivity contribution in [3.05, 3.63) is 84.4 Å². The summed E-state index contributed by atoms with van der Waals surface area (Å²) in [6.45, 7) is 4.07. The molecule has 1 fully saturated rings. The first-order chi connectivity index (χ1) is 13.1. The molecule has 1 saturated heterocycles.